The van der Waals surface area contributed by atoms with E-state index in [4.69, 9.17) is 9.47 Å². The van der Waals surface area contributed by atoms with Gasteiger partial charge >= 0.3 is 11.9 Å². The molecule has 2 rings (SSSR count). The summed E-state index contributed by atoms with van der Waals surface area (Å²) in [5.41, 5.74) is 0.542. The zero-order chi connectivity index (χ0) is 20.0. The molecule has 5 heteroatoms. The van der Waals surface area contributed by atoms with E-state index >= 15 is 0 Å². The Labute approximate surface area is 159 Å². The van der Waals surface area contributed by atoms with Crippen LogP contribution in [0.3, 0.4) is 0 Å². The van der Waals surface area contributed by atoms with Gasteiger partial charge in [-0.15, -0.1) is 0 Å². The molecule has 5 nitrogen and oxygen atoms in total. The number of hydrogen-bond donors (Lipinski definition) is 0. The highest BCUT2D eigenvalue weighted by molar-refractivity contribution is 6.04. The Bertz CT molecular complexity index is 836. The summed E-state index contributed by atoms with van der Waals surface area (Å²) in [6.45, 7) is 5.67. The predicted molar refractivity (Wildman–Crippen MR) is 100 cm³/mol. The van der Waals surface area contributed by atoms with Crippen molar-refractivity contribution in [2.45, 2.75) is 19.8 Å². The fourth-order valence-corrected chi connectivity index (χ4v) is 3.26. The summed E-state index contributed by atoms with van der Waals surface area (Å²) in [7, 11) is 2.43. The minimum Gasteiger partial charge on any atom is -0.468 e. The zero-order valence-electron chi connectivity index (χ0n) is 15.7. The smallest absolute Gasteiger partial charge is 0.327 e. The van der Waals surface area contributed by atoms with Crippen molar-refractivity contribution in [3.05, 3.63) is 59.7 Å². The van der Waals surface area contributed by atoms with E-state index in [1.54, 1.807) is 6.92 Å². The van der Waals surface area contributed by atoms with E-state index in [1.807, 2.05) is 30.3 Å². The Morgan fingerprint density at radius 2 is 1.74 bits per heavy atom. The van der Waals surface area contributed by atoms with E-state index in [9.17, 15) is 14.4 Å². The Kier molecular flexibility index (Phi) is 6.36. The number of Topliss-reactive ketones (excluding diaryl/α,β-unsaturated/α-hetero) is 1. The summed E-state index contributed by atoms with van der Waals surface area (Å²) < 4.78 is 9.64. The van der Waals surface area contributed by atoms with Gasteiger partial charge in [-0.05, 0) is 42.9 Å². The van der Waals surface area contributed by atoms with Crippen LogP contribution in [0.4, 0.5) is 0 Å². The van der Waals surface area contributed by atoms with E-state index in [1.165, 1.54) is 20.3 Å². The largest absolute Gasteiger partial charge is 0.468 e. The van der Waals surface area contributed by atoms with Gasteiger partial charge < -0.3 is 9.47 Å². The van der Waals surface area contributed by atoms with Crippen molar-refractivity contribution in [1.82, 2.24) is 0 Å². The molecular formula is C22H22O5. The second kappa shape index (κ2) is 8.50. The van der Waals surface area contributed by atoms with E-state index < -0.39 is 17.4 Å². The van der Waals surface area contributed by atoms with Gasteiger partial charge in [-0.25, -0.2) is 0 Å². The van der Waals surface area contributed by atoms with Crippen molar-refractivity contribution >= 4 is 17.7 Å². The average Bonchev–Trinajstić information content (AvgIpc) is 3.06. The van der Waals surface area contributed by atoms with Gasteiger partial charge in [0.1, 0.15) is 0 Å². The third-order valence-electron chi connectivity index (χ3n) is 4.55. The summed E-state index contributed by atoms with van der Waals surface area (Å²) in [5.74, 6) is 3.39. The molecule has 1 aromatic carbocycles. The van der Waals surface area contributed by atoms with Crippen LogP contribution < -0.4 is 0 Å². The number of ketones is 1. The number of hydrogen-bond acceptors (Lipinski definition) is 5. The molecule has 0 aliphatic heterocycles. The van der Waals surface area contributed by atoms with Crippen LogP contribution in [-0.4, -0.2) is 31.9 Å². The number of carbonyl (C=O) groups is 3. The first-order valence-electron chi connectivity index (χ1n) is 8.49. The number of methoxy groups -OCH3 is 2. The quantitative estimate of drug-likeness (QED) is 0.455. The molecule has 0 saturated heterocycles. The maximum absolute atomic E-state index is 12.4. The fraction of sp³-hybridized carbons (Fsp3) is 0.318. The first-order valence-corrected chi connectivity index (χ1v) is 8.49. The lowest BCUT2D eigenvalue weighted by Crippen LogP contribution is -2.38. The highest BCUT2D eigenvalue weighted by atomic mass is 16.5. The normalized spacial score (nSPS) is 17.1. The third kappa shape index (κ3) is 4.35. The highest BCUT2D eigenvalue weighted by Crippen LogP contribution is 2.45. The number of carbonyl (C=O) groups excluding carboxylic acids is 3. The van der Waals surface area contributed by atoms with Crippen LogP contribution in [0, 0.1) is 23.2 Å². The zero-order valence-corrected chi connectivity index (χ0v) is 15.7. The van der Waals surface area contributed by atoms with Gasteiger partial charge in [0.15, 0.2) is 5.41 Å². The van der Waals surface area contributed by atoms with Gasteiger partial charge in [-0.2, -0.15) is 0 Å². The van der Waals surface area contributed by atoms with Crippen molar-refractivity contribution in [2.24, 2.45) is 11.3 Å². The fourth-order valence-electron chi connectivity index (χ4n) is 3.26. The standard InChI is InChI=1S/C22H22O5/c1-15(2)19-14-22(20(24)26-3,21(25)27-4)13-17(19)12-18(23)11-10-16-8-6-5-7-9-16/h5-9,14,17H,1,12-13H2,2-4H3. The monoisotopic (exact) mass is 366 g/mol. The van der Waals surface area contributed by atoms with Crippen LogP contribution in [0.5, 0.6) is 0 Å². The number of allylic oxidation sites excluding steroid dienone is 2. The molecular weight excluding hydrogens is 344 g/mol. The number of ether oxygens (including phenoxy) is 2. The number of rotatable bonds is 5. The molecule has 1 aromatic rings. The molecule has 0 amide bonds. The average molecular weight is 366 g/mol. The topological polar surface area (TPSA) is 69.7 Å². The maximum Gasteiger partial charge on any atom is 0.327 e. The predicted octanol–water partition coefficient (Wildman–Crippen LogP) is 2.85. The van der Waals surface area contributed by atoms with Crippen molar-refractivity contribution in [1.29, 1.82) is 0 Å². The van der Waals surface area contributed by atoms with Gasteiger partial charge in [-0.1, -0.05) is 42.3 Å². The SMILES string of the molecule is C=C(C)C1=CC(C(=O)OC)(C(=O)OC)CC1CC(=O)C#Cc1ccccc1. The van der Waals surface area contributed by atoms with Gasteiger partial charge in [0.25, 0.3) is 0 Å². The molecule has 1 atom stereocenters. The Morgan fingerprint density at radius 1 is 1.15 bits per heavy atom. The molecule has 0 aromatic heterocycles. The van der Waals surface area contributed by atoms with E-state index in [0.717, 1.165) is 5.56 Å². The Balaban J connectivity index is 2.27. The first-order chi connectivity index (χ1) is 12.8. The van der Waals surface area contributed by atoms with Crippen molar-refractivity contribution < 1.29 is 23.9 Å². The van der Waals surface area contributed by atoms with E-state index in [2.05, 4.69) is 18.4 Å². The molecule has 1 unspecified atom stereocenters. The molecule has 0 N–H and O–H groups in total. The van der Waals surface area contributed by atoms with Gasteiger partial charge in [0.05, 0.1) is 14.2 Å². The molecule has 0 spiro atoms. The molecule has 1 aliphatic carbocycles. The summed E-state index contributed by atoms with van der Waals surface area (Å²) in [5, 5.41) is 0. The van der Waals surface area contributed by atoms with Gasteiger partial charge in [0.2, 0.25) is 5.78 Å². The lowest BCUT2D eigenvalue weighted by Gasteiger charge is -2.22. The van der Waals surface area contributed by atoms with Gasteiger partial charge in [-0.3, -0.25) is 14.4 Å². The molecule has 140 valence electrons. The number of esters is 2. The second-order valence-corrected chi connectivity index (χ2v) is 6.48. The number of benzene rings is 1. The summed E-state index contributed by atoms with van der Waals surface area (Å²) in [4.78, 5) is 37.0. The summed E-state index contributed by atoms with van der Waals surface area (Å²) >= 11 is 0. The van der Waals surface area contributed by atoms with Gasteiger partial charge in [0, 0.05) is 12.0 Å². The van der Waals surface area contributed by atoms with E-state index in [0.29, 0.717) is 11.1 Å². The van der Waals surface area contributed by atoms with Crippen molar-refractivity contribution in [2.75, 3.05) is 14.2 Å². The van der Waals surface area contributed by atoms with Crippen molar-refractivity contribution in [3.8, 4) is 11.8 Å². The van der Waals surface area contributed by atoms with Crippen LogP contribution >= 0.6 is 0 Å². The second-order valence-electron chi connectivity index (χ2n) is 6.48. The van der Waals surface area contributed by atoms with Crippen LogP contribution in [0.15, 0.2) is 54.1 Å². The minimum absolute atomic E-state index is 0.0776. The van der Waals surface area contributed by atoms with Crippen LogP contribution in [0.1, 0.15) is 25.3 Å². The lowest BCUT2D eigenvalue weighted by molar-refractivity contribution is -0.165. The maximum atomic E-state index is 12.4. The minimum atomic E-state index is -1.56. The molecule has 0 heterocycles. The van der Waals surface area contributed by atoms with Crippen LogP contribution in [0.25, 0.3) is 0 Å². The molecule has 0 fully saturated rings. The van der Waals surface area contributed by atoms with E-state index in [-0.39, 0.29) is 24.5 Å². The molecule has 27 heavy (non-hydrogen) atoms. The molecule has 1 aliphatic rings. The Morgan fingerprint density at radius 3 is 2.26 bits per heavy atom. The first kappa shape index (κ1) is 20.2. The third-order valence-corrected chi connectivity index (χ3v) is 4.55. The summed E-state index contributed by atoms with van der Waals surface area (Å²) in [6, 6.07) is 9.18. The van der Waals surface area contributed by atoms with Crippen LogP contribution in [0.2, 0.25) is 0 Å². The lowest BCUT2D eigenvalue weighted by atomic mass is 9.83. The molecule has 0 bridgehead atoms. The Hall–Kier alpha value is -3.13. The van der Waals surface area contributed by atoms with Crippen molar-refractivity contribution in [3.63, 3.8) is 0 Å². The highest BCUT2D eigenvalue weighted by Gasteiger charge is 2.53. The summed E-state index contributed by atoms with van der Waals surface area (Å²) in [6.07, 6.45) is 1.69. The molecule has 0 saturated carbocycles. The molecule has 0 radical (unpaired) electrons. The van der Waals surface area contributed by atoms with Crippen LogP contribution in [-0.2, 0) is 23.9 Å².